The number of anilines is 1. The second-order valence-electron chi connectivity index (χ2n) is 6.65. The van der Waals surface area contributed by atoms with Crippen molar-refractivity contribution in [2.45, 2.75) is 39.7 Å². The Balaban J connectivity index is 0.00000264. The Morgan fingerprint density at radius 1 is 1.33 bits per heavy atom. The molecule has 0 saturated carbocycles. The average Bonchev–Trinajstić information content (AvgIpc) is 2.91. The third-order valence-corrected chi connectivity index (χ3v) is 4.39. The summed E-state index contributed by atoms with van der Waals surface area (Å²) in [4.78, 5) is 22.6. The summed E-state index contributed by atoms with van der Waals surface area (Å²) >= 11 is 0. The highest BCUT2D eigenvalue weighted by Crippen LogP contribution is 2.31. The molecular weight excluding hydrogens is 349 g/mol. The number of nitrogens with one attached hydrogen (secondary N) is 1. The molecule has 1 aromatic heterocycles. The van der Waals surface area contributed by atoms with Crippen molar-refractivity contribution < 1.29 is 4.79 Å². The number of hydrogen-bond acceptors (Lipinski definition) is 5. The highest BCUT2D eigenvalue weighted by Gasteiger charge is 2.36. The largest absolute Gasteiger partial charge is 0.354 e. The molecule has 0 unspecified atom stereocenters. The van der Waals surface area contributed by atoms with E-state index in [1.807, 2.05) is 6.20 Å². The Labute approximate surface area is 156 Å². The normalized spacial score (nSPS) is 19.9. The van der Waals surface area contributed by atoms with E-state index >= 15 is 0 Å². The first-order chi connectivity index (χ1) is 10.4. The van der Waals surface area contributed by atoms with Crippen molar-refractivity contribution in [1.29, 1.82) is 0 Å². The molecule has 3 N–H and O–H groups in total. The predicted octanol–water partition coefficient (Wildman–Crippen LogP) is 1.98. The average molecular weight is 378 g/mol. The Hall–Kier alpha value is -1.11. The molecule has 1 fully saturated rings. The maximum absolute atomic E-state index is 11.7. The second kappa shape index (κ2) is 10.0. The van der Waals surface area contributed by atoms with Gasteiger partial charge in [-0.3, -0.25) is 4.79 Å². The lowest BCUT2D eigenvalue weighted by molar-refractivity contribution is -0.120. The van der Waals surface area contributed by atoms with Crippen LogP contribution in [-0.2, 0) is 4.79 Å². The predicted molar refractivity (Wildman–Crippen MR) is 102 cm³/mol. The third-order valence-electron chi connectivity index (χ3n) is 4.39. The van der Waals surface area contributed by atoms with Crippen molar-refractivity contribution in [3.8, 4) is 0 Å². The minimum Gasteiger partial charge on any atom is -0.354 e. The number of nitrogens with two attached hydrogens (primary N) is 1. The van der Waals surface area contributed by atoms with Gasteiger partial charge in [0, 0.05) is 30.8 Å². The number of halogens is 2. The van der Waals surface area contributed by atoms with E-state index in [0.29, 0.717) is 17.8 Å². The summed E-state index contributed by atoms with van der Waals surface area (Å²) in [6.07, 6.45) is 3.49. The third kappa shape index (κ3) is 5.19. The van der Waals surface area contributed by atoms with Crippen LogP contribution in [0.3, 0.4) is 0 Å². The topological polar surface area (TPSA) is 84.1 Å². The molecule has 0 aromatic carbocycles. The molecule has 2 rings (SSSR count). The Kier molecular flexibility index (Phi) is 9.55. The molecule has 1 amide bonds. The molecule has 24 heavy (non-hydrogen) atoms. The molecule has 0 spiro atoms. The molecule has 1 saturated heterocycles. The summed E-state index contributed by atoms with van der Waals surface area (Å²) in [5, 5.41) is 3.06. The lowest BCUT2D eigenvalue weighted by atomic mass is 9.91. The summed E-state index contributed by atoms with van der Waals surface area (Å²) in [7, 11) is 0. The van der Waals surface area contributed by atoms with Gasteiger partial charge in [-0.05, 0) is 11.8 Å². The molecule has 1 aromatic rings. The lowest BCUT2D eigenvalue weighted by Gasteiger charge is -2.22. The summed E-state index contributed by atoms with van der Waals surface area (Å²) in [5.41, 5.74) is 6.58. The van der Waals surface area contributed by atoms with E-state index in [1.54, 1.807) is 6.33 Å². The zero-order valence-electron chi connectivity index (χ0n) is 14.7. The molecule has 1 aliphatic rings. The zero-order chi connectivity index (χ0) is 16.3. The molecular formula is C16H29Cl2N5O. The van der Waals surface area contributed by atoms with Gasteiger partial charge in [0.1, 0.15) is 12.1 Å². The van der Waals surface area contributed by atoms with Crippen molar-refractivity contribution in [2.75, 3.05) is 24.5 Å². The van der Waals surface area contributed by atoms with Crippen LogP contribution in [0.15, 0.2) is 12.5 Å². The SMILES string of the molecule is CC(C)c1cncnc1N1C[C@H](NC(=O)CN)[C@@H](C(C)C)C1.Cl.Cl. The van der Waals surface area contributed by atoms with Crippen LogP contribution in [0.4, 0.5) is 5.82 Å². The summed E-state index contributed by atoms with van der Waals surface area (Å²) in [6, 6.07) is 0.117. The van der Waals surface area contributed by atoms with Gasteiger partial charge in [-0.15, -0.1) is 24.8 Å². The van der Waals surface area contributed by atoms with Gasteiger partial charge in [-0.2, -0.15) is 0 Å². The van der Waals surface area contributed by atoms with Gasteiger partial charge in [0.15, 0.2) is 0 Å². The van der Waals surface area contributed by atoms with E-state index in [0.717, 1.165) is 24.5 Å². The van der Waals surface area contributed by atoms with Crippen molar-refractivity contribution in [1.82, 2.24) is 15.3 Å². The minimum absolute atomic E-state index is 0. The smallest absolute Gasteiger partial charge is 0.234 e. The van der Waals surface area contributed by atoms with Gasteiger partial charge < -0.3 is 16.0 Å². The van der Waals surface area contributed by atoms with Crippen molar-refractivity contribution >= 4 is 36.5 Å². The highest BCUT2D eigenvalue weighted by atomic mass is 35.5. The zero-order valence-corrected chi connectivity index (χ0v) is 16.4. The van der Waals surface area contributed by atoms with E-state index in [1.165, 1.54) is 0 Å². The number of carbonyl (C=O) groups is 1. The second-order valence-corrected chi connectivity index (χ2v) is 6.65. The van der Waals surface area contributed by atoms with Crippen LogP contribution in [0.5, 0.6) is 0 Å². The van der Waals surface area contributed by atoms with Gasteiger partial charge in [0.2, 0.25) is 5.91 Å². The highest BCUT2D eigenvalue weighted by molar-refractivity contribution is 5.85. The quantitative estimate of drug-likeness (QED) is 0.819. The summed E-state index contributed by atoms with van der Waals surface area (Å²) in [6.45, 7) is 10.4. The number of rotatable bonds is 5. The Bertz CT molecular complexity index is 527. The fourth-order valence-corrected chi connectivity index (χ4v) is 3.10. The van der Waals surface area contributed by atoms with E-state index < -0.39 is 0 Å². The molecule has 1 aliphatic heterocycles. The number of aromatic nitrogens is 2. The van der Waals surface area contributed by atoms with Crippen molar-refractivity contribution in [2.24, 2.45) is 17.6 Å². The van der Waals surface area contributed by atoms with Crippen LogP contribution >= 0.6 is 24.8 Å². The molecule has 8 heteroatoms. The van der Waals surface area contributed by atoms with Crippen LogP contribution in [0.1, 0.15) is 39.2 Å². The first-order valence-electron chi connectivity index (χ1n) is 7.98. The number of nitrogens with zero attached hydrogens (tertiary/aromatic N) is 3. The Morgan fingerprint density at radius 3 is 2.54 bits per heavy atom. The fraction of sp³-hybridized carbons (Fsp3) is 0.688. The summed E-state index contributed by atoms with van der Waals surface area (Å²) in [5.74, 6) is 2.14. The molecule has 2 atom stereocenters. The molecule has 0 radical (unpaired) electrons. The van der Waals surface area contributed by atoms with Crippen molar-refractivity contribution in [3.63, 3.8) is 0 Å². The lowest BCUT2D eigenvalue weighted by Crippen LogP contribution is -2.44. The molecule has 138 valence electrons. The van der Waals surface area contributed by atoms with E-state index in [4.69, 9.17) is 5.73 Å². The van der Waals surface area contributed by atoms with Gasteiger partial charge in [0.05, 0.1) is 12.6 Å². The van der Waals surface area contributed by atoms with E-state index in [2.05, 4.69) is 47.9 Å². The van der Waals surface area contributed by atoms with Gasteiger partial charge >= 0.3 is 0 Å². The van der Waals surface area contributed by atoms with Crippen LogP contribution < -0.4 is 16.0 Å². The van der Waals surface area contributed by atoms with Crippen LogP contribution in [0.25, 0.3) is 0 Å². The van der Waals surface area contributed by atoms with E-state index in [9.17, 15) is 4.79 Å². The minimum atomic E-state index is -0.0933. The maximum atomic E-state index is 11.7. The van der Waals surface area contributed by atoms with Crippen LogP contribution in [0.2, 0.25) is 0 Å². The van der Waals surface area contributed by atoms with Gasteiger partial charge in [-0.1, -0.05) is 27.7 Å². The van der Waals surface area contributed by atoms with Gasteiger partial charge in [-0.25, -0.2) is 9.97 Å². The fourth-order valence-electron chi connectivity index (χ4n) is 3.10. The van der Waals surface area contributed by atoms with Crippen LogP contribution in [0, 0.1) is 11.8 Å². The number of hydrogen-bond donors (Lipinski definition) is 2. The standard InChI is InChI=1S/C16H27N5O.2ClH/c1-10(2)12-6-18-9-19-16(12)21-7-13(11(3)4)14(8-21)20-15(22)5-17;;/h6,9-11,13-14H,5,7-8,17H2,1-4H3,(H,20,22);2*1H/t13-,14+;;/m1../s1. The molecule has 2 heterocycles. The molecule has 6 nitrogen and oxygen atoms in total. The van der Waals surface area contributed by atoms with Gasteiger partial charge in [0.25, 0.3) is 0 Å². The van der Waals surface area contributed by atoms with Crippen molar-refractivity contribution in [3.05, 3.63) is 18.1 Å². The first kappa shape index (κ1) is 22.9. The first-order valence-corrected chi connectivity index (χ1v) is 7.98. The summed E-state index contributed by atoms with van der Waals surface area (Å²) < 4.78 is 0. The monoisotopic (exact) mass is 377 g/mol. The van der Waals surface area contributed by atoms with Crippen LogP contribution in [-0.4, -0.2) is 41.6 Å². The Morgan fingerprint density at radius 2 is 2.00 bits per heavy atom. The van der Waals surface area contributed by atoms with E-state index in [-0.39, 0.29) is 43.3 Å². The number of carbonyl (C=O) groups excluding carboxylic acids is 1. The maximum Gasteiger partial charge on any atom is 0.234 e. The number of amides is 1. The molecule has 0 bridgehead atoms. The molecule has 0 aliphatic carbocycles.